The van der Waals surface area contributed by atoms with E-state index < -0.39 is 18.7 Å². The SMILES string of the molecule is COc1ccc2c(c1)c(CC(=O)OC[C@H](O)CO)c(C)n2C(=O)c1ccc(Cl)cc1. The van der Waals surface area contributed by atoms with Gasteiger partial charge in [0.1, 0.15) is 18.5 Å². The molecule has 0 bridgehead atoms. The highest BCUT2D eigenvalue weighted by Crippen LogP contribution is 2.31. The Morgan fingerprint density at radius 1 is 1.17 bits per heavy atom. The molecule has 30 heavy (non-hydrogen) atoms. The number of hydrogen-bond donors (Lipinski definition) is 2. The Balaban J connectivity index is 2.04. The number of carbonyl (C=O) groups is 2. The topological polar surface area (TPSA) is 98.0 Å². The smallest absolute Gasteiger partial charge is 0.310 e. The van der Waals surface area contributed by atoms with E-state index in [0.717, 1.165) is 0 Å². The molecule has 0 saturated heterocycles. The van der Waals surface area contributed by atoms with Crippen LogP contribution in [-0.2, 0) is 16.0 Å². The van der Waals surface area contributed by atoms with E-state index in [1.165, 1.54) is 7.11 Å². The Kier molecular flexibility index (Phi) is 6.77. The largest absolute Gasteiger partial charge is 0.497 e. The number of nitrogens with zero attached hydrogens (tertiary/aromatic N) is 1. The fourth-order valence-corrected chi connectivity index (χ4v) is 3.36. The van der Waals surface area contributed by atoms with E-state index >= 15 is 0 Å². The molecule has 0 aliphatic rings. The summed E-state index contributed by atoms with van der Waals surface area (Å²) in [5, 5.41) is 19.5. The molecule has 0 saturated carbocycles. The lowest BCUT2D eigenvalue weighted by Crippen LogP contribution is -2.22. The van der Waals surface area contributed by atoms with Gasteiger partial charge in [0.15, 0.2) is 0 Å². The predicted molar refractivity (Wildman–Crippen MR) is 112 cm³/mol. The minimum absolute atomic E-state index is 0.103. The second-order valence-electron chi connectivity index (χ2n) is 6.79. The molecule has 8 heteroatoms. The van der Waals surface area contributed by atoms with Crippen LogP contribution in [-0.4, -0.2) is 53.1 Å². The molecular formula is C22H22ClNO6. The van der Waals surface area contributed by atoms with Crippen molar-refractivity contribution in [2.45, 2.75) is 19.4 Å². The van der Waals surface area contributed by atoms with Gasteiger partial charge in [0.05, 0.1) is 25.7 Å². The number of hydrogen-bond acceptors (Lipinski definition) is 6. The van der Waals surface area contributed by atoms with Gasteiger partial charge < -0.3 is 19.7 Å². The summed E-state index contributed by atoms with van der Waals surface area (Å²) in [4.78, 5) is 25.5. The summed E-state index contributed by atoms with van der Waals surface area (Å²) in [6.07, 6.45) is -1.24. The first-order chi connectivity index (χ1) is 14.3. The van der Waals surface area contributed by atoms with E-state index in [4.69, 9.17) is 26.2 Å². The minimum Gasteiger partial charge on any atom is -0.497 e. The first kappa shape index (κ1) is 21.8. The lowest BCUT2D eigenvalue weighted by molar-refractivity contribution is -0.146. The Morgan fingerprint density at radius 2 is 1.87 bits per heavy atom. The zero-order valence-electron chi connectivity index (χ0n) is 16.6. The quantitative estimate of drug-likeness (QED) is 0.558. The number of aromatic nitrogens is 1. The van der Waals surface area contributed by atoms with Gasteiger partial charge in [0, 0.05) is 21.7 Å². The Morgan fingerprint density at radius 3 is 2.50 bits per heavy atom. The van der Waals surface area contributed by atoms with Gasteiger partial charge in [-0.25, -0.2) is 0 Å². The van der Waals surface area contributed by atoms with Gasteiger partial charge in [-0.1, -0.05) is 11.6 Å². The monoisotopic (exact) mass is 431 g/mol. The third kappa shape index (κ3) is 4.48. The zero-order chi connectivity index (χ0) is 21.8. The van der Waals surface area contributed by atoms with E-state index in [2.05, 4.69) is 0 Å². The van der Waals surface area contributed by atoms with Crippen molar-refractivity contribution in [2.75, 3.05) is 20.3 Å². The van der Waals surface area contributed by atoms with Crippen LogP contribution in [0.2, 0.25) is 5.02 Å². The second kappa shape index (κ2) is 9.30. The number of aliphatic hydroxyl groups excluding tert-OH is 2. The molecule has 2 aromatic carbocycles. The van der Waals surface area contributed by atoms with E-state index in [0.29, 0.717) is 38.5 Å². The number of esters is 1. The molecule has 2 N–H and O–H groups in total. The van der Waals surface area contributed by atoms with E-state index in [1.54, 1.807) is 54.0 Å². The van der Waals surface area contributed by atoms with Crippen LogP contribution in [0.15, 0.2) is 42.5 Å². The highest BCUT2D eigenvalue weighted by atomic mass is 35.5. The van der Waals surface area contributed by atoms with Crippen LogP contribution in [0.1, 0.15) is 21.6 Å². The van der Waals surface area contributed by atoms with Gasteiger partial charge in [-0.2, -0.15) is 0 Å². The maximum Gasteiger partial charge on any atom is 0.310 e. The molecule has 158 valence electrons. The third-order valence-electron chi connectivity index (χ3n) is 4.80. The molecule has 0 aliphatic carbocycles. The predicted octanol–water partition coefficient (Wildman–Crippen LogP) is 2.74. The second-order valence-corrected chi connectivity index (χ2v) is 7.23. The Hall–Kier alpha value is -2.87. The van der Waals surface area contributed by atoms with E-state index in [-0.39, 0.29) is 18.9 Å². The first-order valence-corrected chi connectivity index (χ1v) is 9.66. The summed E-state index contributed by atoms with van der Waals surface area (Å²) in [5.74, 6) is -0.245. The van der Waals surface area contributed by atoms with Crippen molar-refractivity contribution in [1.82, 2.24) is 4.57 Å². The van der Waals surface area contributed by atoms with Crippen LogP contribution in [0.5, 0.6) is 5.75 Å². The van der Waals surface area contributed by atoms with Crippen molar-refractivity contribution in [3.63, 3.8) is 0 Å². The summed E-state index contributed by atoms with van der Waals surface area (Å²) in [6.45, 7) is 0.948. The number of fused-ring (bicyclic) bond motifs is 1. The molecule has 0 unspecified atom stereocenters. The lowest BCUT2D eigenvalue weighted by Gasteiger charge is -2.09. The van der Waals surface area contributed by atoms with Crippen LogP contribution in [0.4, 0.5) is 0 Å². The van der Waals surface area contributed by atoms with E-state index in [1.807, 2.05) is 0 Å². The maximum atomic E-state index is 13.2. The van der Waals surface area contributed by atoms with Crippen LogP contribution >= 0.6 is 11.6 Å². The fraction of sp³-hybridized carbons (Fsp3) is 0.273. The zero-order valence-corrected chi connectivity index (χ0v) is 17.3. The van der Waals surface area contributed by atoms with Crippen LogP contribution < -0.4 is 4.74 Å². The number of carbonyl (C=O) groups excluding carboxylic acids is 2. The Labute approximate surface area is 178 Å². The number of rotatable bonds is 7. The molecule has 1 heterocycles. The number of halogens is 1. The summed E-state index contributed by atoms with van der Waals surface area (Å²) in [5.41, 5.74) is 2.30. The van der Waals surface area contributed by atoms with Crippen molar-refractivity contribution < 1.29 is 29.3 Å². The summed E-state index contributed by atoms with van der Waals surface area (Å²) < 4.78 is 11.9. The fourth-order valence-electron chi connectivity index (χ4n) is 3.23. The summed E-state index contributed by atoms with van der Waals surface area (Å²) >= 11 is 5.93. The van der Waals surface area contributed by atoms with Gasteiger partial charge in [0.25, 0.3) is 5.91 Å². The molecule has 0 aliphatic heterocycles. The molecule has 3 rings (SSSR count). The van der Waals surface area contributed by atoms with Gasteiger partial charge >= 0.3 is 5.97 Å². The maximum absolute atomic E-state index is 13.2. The van der Waals surface area contributed by atoms with Gasteiger partial charge in [-0.15, -0.1) is 0 Å². The van der Waals surface area contributed by atoms with Gasteiger partial charge in [0.2, 0.25) is 0 Å². The summed E-state index contributed by atoms with van der Waals surface area (Å²) in [7, 11) is 1.54. The third-order valence-corrected chi connectivity index (χ3v) is 5.06. The Bertz CT molecular complexity index is 1070. The molecule has 0 fully saturated rings. The normalized spacial score (nSPS) is 12.0. The van der Waals surface area contributed by atoms with E-state index in [9.17, 15) is 14.7 Å². The van der Waals surface area contributed by atoms with Crippen molar-refractivity contribution in [3.05, 3.63) is 64.3 Å². The number of aliphatic hydroxyl groups is 2. The highest BCUT2D eigenvalue weighted by Gasteiger charge is 2.22. The molecule has 1 atom stereocenters. The van der Waals surface area contributed by atoms with Crippen molar-refractivity contribution in [3.8, 4) is 5.75 Å². The number of benzene rings is 2. The van der Waals surface area contributed by atoms with Crippen LogP contribution in [0.3, 0.4) is 0 Å². The van der Waals surface area contributed by atoms with Crippen molar-refractivity contribution in [2.24, 2.45) is 0 Å². The van der Waals surface area contributed by atoms with Gasteiger partial charge in [-0.3, -0.25) is 14.2 Å². The molecule has 7 nitrogen and oxygen atoms in total. The highest BCUT2D eigenvalue weighted by molar-refractivity contribution is 6.30. The summed E-state index contributed by atoms with van der Waals surface area (Å²) in [6, 6.07) is 11.8. The van der Waals surface area contributed by atoms with Crippen LogP contribution in [0, 0.1) is 6.92 Å². The standard InChI is InChI=1S/C22H22ClNO6/c1-13-18(10-21(27)30-12-16(26)11-25)19-9-17(29-2)7-8-20(19)24(13)22(28)14-3-5-15(23)6-4-14/h3-9,16,25-26H,10-12H2,1-2H3/t16-/m1/s1. The molecule has 0 amide bonds. The first-order valence-electron chi connectivity index (χ1n) is 9.28. The molecule has 3 aromatic rings. The number of ether oxygens (including phenoxy) is 2. The minimum atomic E-state index is -1.14. The lowest BCUT2D eigenvalue weighted by atomic mass is 10.1. The molecule has 0 spiro atoms. The average Bonchev–Trinajstić information content (AvgIpc) is 3.02. The molecule has 1 aromatic heterocycles. The van der Waals surface area contributed by atoms with Gasteiger partial charge in [-0.05, 0) is 55.0 Å². The molecular weight excluding hydrogens is 410 g/mol. The molecule has 0 radical (unpaired) electrons. The number of methoxy groups -OCH3 is 1. The van der Waals surface area contributed by atoms with Crippen molar-refractivity contribution >= 4 is 34.4 Å². The average molecular weight is 432 g/mol. The van der Waals surface area contributed by atoms with Crippen LogP contribution in [0.25, 0.3) is 10.9 Å². The van der Waals surface area contributed by atoms with Crippen molar-refractivity contribution in [1.29, 1.82) is 0 Å².